The van der Waals surface area contributed by atoms with E-state index < -0.39 is 0 Å². The van der Waals surface area contributed by atoms with Gasteiger partial charge in [0.15, 0.2) is 0 Å². The highest BCUT2D eigenvalue weighted by molar-refractivity contribution is 6.33. The fraction of sp³-hybridized carbons (Fsp3) is 0.357. The molecule has 0 spiro atoms. The molecule has 1 aliphatic heterocycles. The Morgan fingerprint density at radius 2 is 1.95 bits per heavy atom. The fourth-order valence-corrected chi connectivity index (χ4v) is 2.73. The zero-order valence-corrected chi connectivity index (χ0v) is 11.2. The van der Waals surface area contributed by atoms with Gasteiger partial charge in [0, 0.05) is 29.7 Å². The second-order valence-corrected chi connectivity index (χ2v) is 5.08. The Morgan fingerprint density at radius 1 is 1.21 bits per heavy atom. The minimum absolute atomic E-state index is 0.320. The van der Waals surface area contributed by atoms with Gasteiger partial charge in [-0.1, -0.05) is 35.0 Å². The van der Waals surface area contributed by atoms with E-state index in [1.165, 1.54) is 0 Å². The molecule has 2 heterocycles. The Hall–Kier alpha value is -1.52. The van der Waals surface area contributed by atoms with E-state index in [2.05, 4.69) is 5.16 Å². The zero-order chi connectivity index (χ0) is 13.2. The number of benzene rings is 1. The largest absolute Gasteiger partial charge is 0.381 e. The third kappa shape index (κ3) is 2.33. The Kier molecular flexibility index (Phi) is 3.44. The van der Waals surface area contributed by atoms with Gasteiger partial charge >= 0.3 is 0 Å². The first-order valence-corrected chi connectivity index (χ1v) is 6.73. The van der Waals surface area contributed by atoms with Crippen molar-refractivity contribution in [2.75, 3.05) is 18.9 Å². The van der Waals surface area contributed by atoms with Gasteiger partial charge < -0.3 is 15.0 Å². The lowest BCUT2D eigenvalue weighted by molar-refractivity contribution is 0.0839. The maximum absolute atomic E-state index is 6.25. The summed E-state index contributed by atoms with van der Waals surface area (Å²) < 4.78 is 10.6. The van der Waals surface area contributed by atoms with Crippen molar-refractivity contribution in [1.29, 1.82) is 0 Å². The number of hydrogen-bond acceptors (Lipinski definition) is 4. The molecule has 1 aromatic carbocycles. The summed E-state index contributed by atoms with van der Waals surface area (Å²) >= 11 is 6.25. The Labute approximate surface area is 116 Å². The van der Waals surface area contributed by atoms with Crippen LogP contribution in [0.1, 0.15) is 24.5 Å². The van der Waals surface area contributed by atoms with E-state index in [9.17, 15) is 0 Å². The first-order chi connectivity index (χ1) is 9.27. The number of nitrogen functional groups attached to an aromatic ring is 1. The van der Waals surface area contributed by atoms with Crippen LogP contribution in [0.25, 0.3) is 11.1 Å². The molecule has 2 N–H and O–H groups in total. The summed E-state index contributed by atoms with van der Waals surface area (Å²) in [6, 6.07) is 7.61. The molecule has 1 aliphatic rings. The van der Waals surface area contributed by atoms with E-state index in [1.54, 1.807) is 0 Å². The molecule has 0 atom stereocenters. The second kappa shape index (κ2) is 5.23. The maximum atomic E-state index is 6.25. The highest BCUT2D eigenvalue weighted by atomic mass is 35.5. The summed E-state index contributed by atoms with van der Waals surface area (Å²) in [6.07, 6.45) is 1.87. The monoisotopic (exact) mass is 278 g/mol. The van der Waals surface area contributed by atoms with Crippen molar-refractivity contribution in [3.05, 3.63) is 35.0 Å². The van der Waals surface area contributed by atoms with Gasteiger partial charge in [0.25, 0.3) is 0 Å². The first-order valence-electron chi connectivity index (χ1n) is 6.35. The summed E-state index contributed by atoms with van der Waals surface area (Å²) in [5.74, 6) is 0.649. The molecule has 4 nitrogen and oxygen atoms in total. The number of rotatable bonds is 2. The Bertz CT molecular complexity index is 577. The molecule has 0 amide bonds. The quantitative estimate of drug-likeness (QED) is 0.914. The van der Waals surface area contributed by atoms with Crippen molar-refractivity contribution in [2.24, 2.45) is 0 Å². The fourth-order valence-electron chi connectivity index (χ4n) is 2.50. The van der Waals surface area contributed by atoms with Crippen LogP contribution in [0.5, 0.6) is 0 Å². The molecule has 0 bridgehead atoms. The molecule has 0 saturated carbocycles. The van der Waals surface area contributed by atoms with Crippen LogP contribution in [-0.2, 0) is 4.74 Å². The van der Waals surface area contributed by atoms with Crippen molar-refractivity contribution in [2.45, 2.75) is 18.8 Å². The van der Waals surface area contributed by atoms with Gasteiger partial charge in [0.1, 0.15) is 0 Å². The molecule has 0 radical (unpaired) electrons. The molecule has 1 saturated heterocycles. The van der Waals surface area contributed by atoms with E-state index >= 15 is 0 Å². The van der Waals surface area contributed by atoms with Gasteiger partial charge in [-0.15, -0.1) is 0 Å². The van der Waals surface area contributed by atoms with Crippen LogP contribution in [0.3, 0.4) is 0 Å². The third-order valence-electron chi connectivity index (χ3n) is 3.50. The van der Waals surface area contributed by atoms with Gasteiger partial charge in [-0.05, 0) is 18.9 Å². The van der Waals surface area contributed by atoms with Crippen LogP contribution in [0.4, 0.5) is 5.88 Å². The van der Waals surface area contributed by atoms with Gasteiger partial charge in [-0.25, -0.2) is 0 Å². The highest BCUT2D eigenvalue weighted by Gasteiger charge is 2.26. The average molecular weight is 279 g/mol. The number of nitrogens with two attached hydrogens (primary N) is 1. The molecule has 19 heavy (non-hydrogen) atoms. The van der Waals surface area contributed by atoms with Crippen LogP contribution >= 0.6 is 11.6 Å². The van der Waals surface area contributed by atoms with Crippen LogP contribution in [0, 0.1) is 0 Å². The standard InChI is InChI=1S/C14H15ClN2O2/c15-11-4-2-1-3-10(11)12-13(17-19-14(12)16)9-5-7-18-8-6-9/h1-4,9H,5-8,16H2. The van der Waals surface area contributed by atoms with Crippen molar-refractivity contribution in [3.8, 4) is 11.1 Å². The van der Waals surface area contributed by atoms with Crippen LogP contribution in [0.15, 0.2) is 28.8 Å². The van der Waals surface area contributed by atoms with E-state index in [-0.39, 0.29) is 0 Å². The Balaban J connectivity index is 2.06. The van der Waals surface area contributed by atoms with Gasteiger partial charge in [-0.3, -0.25) is 0 Å². The predicted octanol–water partition coefficient (Wildman–Crippen LogP) is 3.47. The molecule has 5 heteroatoms. The summed E-state index contributed by atoms with van der Waals surface area (Å²) in [7, 11) is 0. The van der Waals surface area contributed by atoms with Crippen molar-refractivity contribution in [1.82, 2.24) is 5.16 Å². The van der Waals surface area contributed by atoms with E-state index in [0.29, 0.717) is 16.8 Å². The minimum Gasteiger partial charge on any atom is -0.381 e. The maximum Gasteiger partial charge on any atom is 0.230 e. The summed E-state index contributed by atoms with van der Waals surface area (Å²) in [6.45, 7) is 1.50. The molecule has 3 rings (SSSR count). The SMILES string of the molecule is Nc1onc(C2CCOCC2)c1-c1ccccc1Cl. The smallest absolute Gasteiger partial charge is 0.230 e. The third-order valence-corrected chi connectivity index (χ3v) is 3.83. The van der Waals surface area contributed by atoms with Gasteiger partial charge in [-0.2, -0.15) is 0 Å². The molecule has 2 aromatic rings. The van der Waals surface area contributed by atoms with Crippen LogP contribution < -0.4 is 5.73 Å². The van der Waals surface area contributed by atoms with Gasteiger partial charge in [0.05, 0.1) is 11.3 Å². The van der Waals surface area contributed by atoms with E-state index in [1.807, 2.05) is 24.3 Å². The van der Waals surface area contributed by atoms with Crippen molar-refractivity contribution in [3.63, 3.8) is 0 Å². The normalized spacial score (nSPS) is 16.7. The van der Waals surface area contributed by atoms with Crippen molar-refractivity contribution >= 4 is 17.5 Å². The number of nitrogens with zero attached hydrogens (tertiary/aromatic N) is 1. The summed E-state index contributed by atoms with van der Waals surface area (Å²) in [4.78, 5) is 0. The number of aromatic nitrogens is 1. The summed E-state index contributed by atoms with van der Waals surface area (Å²) in [5.41, 5.74) is 8.54. The lowest BCUT2D eigenvalue weighted by Gasteiger charge is -2.21. The van der Waals surface area contributed by atoms with E-state index in [0.717, 1.165) is 42.9 Å². The Morgan fingerprint density at radius 3 is 2.68 bits per heavy atom. The molecule has 100 valence electrons. The lowest BCUT2D eigenvalue weighted by Crippen LogP contribution is -2.15. The molecule has 1 fully saturated rings. The number of ether oxygens (including phenoxy) is 1. The highest BCUT2D eigenvalue weighted by Crippen LogP contribution is 2.40. The lowest BCUT2D eigenvalue weighted by atomic mass is 9.91. The van der Waals surface area contributed by atoms with Crippen LogP contribution in [-0.4, -0.2) is 18.4 Å². The van der Waals surface area contributed by atoms with E-state index in [4.69, 9.17) is 26.6 Å². The number of anilines is 1. The average Bonchev–Trinajstić information content (AvgIpc) is 2.82. The first kappa shape index (κ1) is 12.5. The minimum atomic E-state index is 0.320. The zero-order valence-electron chi connectivity index (χ0n) is 10.4. The molecule has 0 aliphatic carbocycles. The van der Waals surface area contributed by atoms with Crippen molar-refractivity contribution < 1.29 is 9.26 Å². The van der Waals surface area contributed by atoms with Gasteiger partial charge in [0.2, 0.25) is 5.88 Å². The molecular formula is C14H15ClN2O2. The predicted molar refractivity (Wildman–Crippen MR) is 74.2 cm³/mol. The number of hydrogen-bond donors (Lipinski definition) is 1. The molecular weight excluding hydrogens is 264 g/mol. The molecule has 1 aromatic heterocycles. The van der Waals surface area contributed by atoms with Crippen LogP contribution in [0.2, 0.25) is 5.02 Å². The molecule has 0 unspecified atom stereocenters. The summed E-state index contributed by atoms with van der Waals surface area (Å²) in [5, 5.41) is 4.80. The number of halogens is 1. The topological polar surface area (TPSA) is 61.3 Å². The second-order valence-electron chi connectivity index (χ2n) is 4.67.